The van der Waals surface area contributed by atoms with E-state index in [0.717, 1.165) is 30.6 Å². The van der Waals surface area contributed by atoms with E-state index in [9.17, 15) is 4.79 Å². The summed E-state index contributed by atoms with van der Waals surface area (Å²) in [4.78, 5) is 18.0. The number of aromatic nitrogens is 1. The molecular weight excluding hydrogens is 260 g/mol. The van der Waals surface area contributed by atoms with Gasteiger partial charge in [0.25, 0.3) is 0 Å². The molecule has 0 saturated heterocycles. The van der Waals surface area contributed by atoms with E-state index in [1.54, 1.807) is 18.1 Å². The molecule has 0 fully saturated rings. The number of hydrogen-bond donors (Lipinski definition) is 0. The standard InChI is InChI=1S/C18H28N2O/c1-4-5-6-7-8-9-10-11-12-18(21)20(3)17-14-13-16(2)15-19-17/h4,13-15H,1,5-12H2,2-3H3. The van der Waals surface area contributed by atoms with Crippen LogP contribution in [-0.2, 0) is 4.79 Å². The van der Waals surface area contributed by atoms with Crippen LogP contribution < -0.4 is 4.90 Å². The van der Waals surface area contributed by atoms with Gasteiger partial charge in [-0.1, -0.05) is 37.8 Å². The fraction of sp³-hybridized carbons (Fsp3) is 0.556. The summed E-state index contributed by atoms with van der Waals surface area (Å²) in [5.41, 5.74) is 1.11. The molecule has 1 heterocycles. The van der Waals surface area contributed by atoms with Crippen LogP contribution in [0.25, 0.3) is 0 Å². The quantitative estimate of drug-likeness (QED) is 0.463. The molecule has 1 aromatic rings. The second-order valence-electron chi connectivity index (χ2n) is 5.60. The second-order valence-corrected chi connectivity index (χ2v) is 5.60. The first-order chi connectivity index (χ1) is 10.1. The zero-order chi connectivity index (χ0) is 15.5. The van der Waals surface area contributed by atoms with Crippen LogP contribution >= 0.6 is 0 Å². The summed E-state index contributed by atoms with van der Waals surface area (Å²) in [5.74, 6) is 0.882. The minimum Gasteiger partial charge on any atom is -0.300 e. The van der Waals surface area contributed by atoms with Crippen molar-refractivity contribution in [1.29, 1.82) is 0 Å². The lowest BCUT2D eigenvalue weighted by molar-refractivity contribution is -0.118. The lowest BCUT2D eigenvalue weighted by atomic mass is 10.1. The van der Waals surface area contributed by atoms with Gasteiger partial charge in [-0.25, -0.2) is 4.98 Å². The summed E-state index contributed by atoms with van der Waals surface area (Å²) in [6, 6.07) is 3.88. The van der Waals surface area contributed by atoms with Crippen molar-refractivity contribution in [3.05, 3.63) is 36.5 Å². The Morgan fingerprint density at radius 1 is 1.19 bits per heavy atom. The number of carbonyl (C=O) groups excluding carboxylic acids is 1. The van der Waals surface area contributed by atoms with E-state index in [1.807, 2.05) is 25.1 Å². The summed E-state index contributed by atoms with van der Waals surface area (Å²) in [5, 5.41) is 0. The first-order valence-corrected chi connectivity index (χ1v) is 7.95. The Balaban J connectivity index is 2.15. The van der Waals surface area contributed by atoms with Crippen LogP contribution in [0.5, 0.6) is 0 Å². The maximum absolute atomic E-state index is 12.1. The number of unbranched alkanes of at least 4 members (excludes halogenated alkanes) is 6. The lowest BCUT2D eigenvalue weighted by Crippen LogP contribution is -2.26. The molecule has 0 radical (unpaired) electrons. The van der Waals surface area contributed by atoms with Crippen LogP contribution in [0, 0.1) is 6.92 Å². The van der Waals surface area contributed by atoms with Gasteiger partial charge in [-0.2, -0.15) is 0 Å². The van der Waals surface area contributed by atoms with Crippen LogP contribution in [0.2, 0.25) is 0 Å². The Morgan fingerprint density at radius 3 is 2.48 bits per heavy atom. The van der Waals surface area contributed by atoms with Gasteiger partial charge in [-0.05, 0) is 37.8 Å². The summed E-state index contributed by atoms with van der Waals surface area (Å²) >= 11 is 0. The smallest absolute Gasteiger partial charge is 0.227 e. The van der Waals surface area contributed by atoms with E-state index in [-0.39, 0.29) is 5.91 Å². The van der Waals surface area contributed by atoms with Gasteiger partial charge in [-0.3, -0.25) is 9.69 Å². The van der Waals surface area contributed by atoms with Crippen LogP contribution in [-0.4, -0.2) is 17.9 Å². The molecule has 1 rings (SSSR count). The lowest BCUT2D eigenvalue weighted by Gasteiger charge is -2.16. The molecule has 0 aliphatic carbocycles. The summed E-state index contributed by atoms with van der Waals surface area (Å²) in [7, 11) is 1.80. The number of pyridine rings is 1. The molecule has 0 bridgehead atoms. The largest absolute Gasteiger partial charge is 0.300 e. The number of aryl methyl sites for hydroxylation is 1. The maximum Gasteiger partial charge on any atom is 0.227 e. The average Bonchev–Trinajstić information content (AvgIpc) is 2.49. The topological polar surface area (TPSA) is 33.2 Å². The molecule has 0 atom stereocenters. The molecule has 0 saturated carbocycles. The van der Waals surface area contributed by atoms with Crippen molar-refractivity contribution in [2.75, 3.05) is 11.9 Å². The normalized spacial score (nSPS) is 10.4. The molecule has 116 valence electrons. The monoisotopic (exact) mass is 288 g/mol. The van der Waals surface area contributed by atoms with Crippen molar-refractivity contribution in [1.82, 2.24) is 4.98 Å². The molecule has 3 heteroatoms. The molecule has 0 aliphatic heterocycles. The van der Waals surface area contributed by atoms with Crippen molar-refractivity contribution < 1.29 is 4.79 Å². The van der Waals surface area contributed by atoms with Gasteiger partial charge in [0.05, 0.1) is 0 Å². The van der Waals surface area contributed by atoms with Crippen molar-refractivity contribution in [3.63, 3.8) is 0 Å². The third-order valence-electron chi connectivity index (χ3n) is 3.66. The summed E-state index contributed by atoms with van der Waals surface area (Å²) < 4.78 is 0. The Kier molecular flexibility index (Phi) is 8.41. The van der Waals surface area contributed by atoms with Gasteiger partial charge in [0.15, 0.2) is 0 Å². The number of hydrogen-bond acceptors (Lipinski definition) is 2. The maximum atomic E-state index is 12.1. The van der Waals surface area contributed by atoms with Crippen LogP contribution in [0.4, 0.5) is 5.82 Å². The Labute approximate surface area is 129 Å². The van der Waals surface area contributed by atoms with Gasteiger partial charge in [0.2, 0.25) is 5.91 Å². The average molecular weight is 288 g/mol. The van der Waals surface area contributed by atoms with Crippen molar-refractivity contribution in [2.24, 2.45) is 0 Å². The third kappa shape index (κ3) is 7.07. The van der Waals surface area contributed by atoms with Crippen molar-refractivity contribution in [3.8, 4) is 0 Å². The first kappa shape index (κ1) is 17.4. The highest BCUT2D eigenvalue weighted by atomic mass is 16.2. The van der Waals surface area contributed by atoms with E-state index in [0.29, 0.717) is 6.42 Å². The number of amides is 1. The molecule has 1 amide bonds. The molecule has 0 spiro atoms. The third-order valence-corrected chi connectivity index (χ3v) is 3.66. The molecule has 1 aromatic heterocycles. The zero-order valence-corrected chi connectivity index (χ0v) is 13.5. The van der Waals surface area contributed by atoms with Gasteiger partial charge in [0, 0.05) is 19.7 Å². The predicted octanol–water partition coefficient (Wildman–Crippen LogP) is 4.66. The molecule has 0 aromatic carbocycles. The van der Waals surface area contributed by atoms with Gasteiger partial charge < -0.3 is 0 Å². The summed E-state index contributed by atoms with van der Waals surface area (Å²) in [6.45, 7) is 5.72. The number of carbonyl (C=O) groups is 1. The second kappa shape index (κ2) is 10.1. The minimum atomic E-state index is 0.151. The Bertz CT molecular complexity index is 425. The van der Waals surface area contributed by atoms with Crippen LogP contribution in [0.1, 0.15) is 56.9 Å². The Morgan fingerprint density at radius 2 is 1.86 bits per heavy atom. The highest BCUT2D eigenvalue weighted by Crippen LogP contribution is 2.13. The van der Waals surface area contributed by atoms with E-state index in [2.05, 4.69) is 11.6 Å². The molecule has 0 N–H and O–H groups in total. The fourth-order valence-electron chi connectivity index (χ4n) is 2.23. The number of anilines is 1. The molecular formula is C18H28N2O. The summed E-state index contributed by atoms with van der Waals surface area (Å²) in [6.07, 6.45) is 12.6. The number of allylic oxidation sites excluding steroid dienone is 1. The first-order valence-electron chi connectivity index (χ1n) is 7.95. The molecule has 0 unspecified atom stereocenters. The van der Waals surface area contributed by atoms with Crippen LogP contribution in [0.3, 0.4) is 0 Å². The van der Waals surface area contributed by atoms with E-state index >= 15 is 0 Å². The molecule has 3 nitrogen and oxygen atoms in total. The zero-order valence-electron chi connectivity index (χ0n) is 13.5. The SMILES string of the molecule is C=CCCCCCCCCC(=O)N(C)c1ccc(C)cn1. The van der Waals surface area contributed by atoms with Crippen molar-refractivity contribution >= 4 is 11.7 Å². The van der Waals surface area contributed by atoms with E-state index < -0.39 is 0 Å². The highest BCUT2D eigenvalue weighted by Gasteiger charge is 2.11. The van der Waals surface area contributed by atoms with E-state index in [1.165, 1.54) is 25.7 Å². The van der Waals surface area contributed by atoms with Gasteiger partial charge in [-0.15, -0.1) is 6.58 Å². The Hall–Kier alpha value is -1.64. The highest BCUT2D eigenvalue weighted by molar-refractivity contribution is 5.91. The van der Waals surface area contributed by atoms with Crippen molar-refractivity contribution in [2.45, 2.75) is 58.3 Å². The molecule has 21 heavy (non-hydrogen) atoms. The van der Waals surface area contributed by atoms with Gasteiger partial charge in [0.1, 0.15) is 5.82 Å². The number of rotatable bonds is 10. The fourth-order valence-corrected chi connectivity index (χ4v) is 2.23. The van der Waals surface area contributed by atoms with Crippen LogP contribution in [0.15, 0.2) is 31.0 Å². The minimum absolute atomic E-state index is 0.151. The van der Waals surface area contributed by atoms with E-state index in [4.69, 9.17) is 0 Å². The predicted molar refractivity (Wildman–Crippen MR) is 89.5 cm³/mol. The molecule has 0 aliphatic rings. The number of nitrogens with zero attached hydrogens (tertiary/aromatic N) is 2. The van der Waals surface area contributed by atoms with Gasteiger partial charge >= 0.3 is 0 Å².